The van der Waals surface area contributed by atoms with E-state index in [9.17, 15) is 4.39 Å². The number of hydrogen-bond donors (Lipinski definition) is 1. The summed E-state index contributed by atoms with van der Waals surface area (Å²) in [5.74, 6) is -0.486. The predicted molar refractivity (Wildman–Crippen MR) is 74.4 cm³/mol. The molecular formula is C16H15FN2. The van der Waals surface area contributed by atoms with Gasteiger partial charge < -0.3 is 5.32 Å². The van der Waals surface area contributed by atoms with E-state index in [2.05, 4.69) is 37.4 Å². The average molecular weight is 254 g/mol. The predicted octanol–water partition coefficient (Wildman–Crippen LogP) is 3.93. The minimum Gasteiger partial charge on any atom is -0.381 e. The Morgan fingerprint density at radius 2 is 1.95 bits per heavy atom. The normalized spacial score (nSPS) is 10.0. The maximum atomic E-state index is 13.2. The van der Waals surface area contributed by atoms with Crippen molar-refractivity contribution in [3.8, 4) is 6.07 Å². The van der Waals surface area contributed by atoms with Crippen molar-refractivity contribution in [2.24, 2.45) is 0 Å². The summed E-state index contributed by atoms with van der Waals surface area (Å²) in [5, 5.41) is 12.0. The molecule has 2 aromatic rings. The summed E-state index contributed by atoms with van der Waals surface area (Å²) in [6.45, 7) is 4.76. The molecule has 0 aromatic heterocycles. The molecule has 19 heavy (non-hydrogen) atoms. The van der Waals surface area contributed by atoms with E-state index < -0.39 is 5.82 Å². The van der Waals surface area contributed by atoms with Crippen LogP contribution in [0, 0.1) is 31.0 Å². The highest BCUT2D eigenvalue weighted by atomic mass is 19.1. The Kier molecular flexibility index (Phi) is 3.82. The first-order chi connectivity index (χ1) is 9.10. The van der Waals surface area contributed by atoms with Crippen molar-refractivity contribution in [1.82, 2.24) is 0 Å². The van der Waals surface area contributed by atoms with Crippen molar-refractivity contribution in [3.63, 3.8) is 0 Å². The summed E-state index contributed by atoms with van der Waals surface area (Å²) < 4.78 is 13.2. The van der Waals surface area contributed by atoms with E-state index >= 15 is 0 Å². The Bertz CT molecular complexity index is 642. The molecule has 3 heteroatoms. The molecule has 0 amide bonds. The fourth-order valence-corrected chi connectivity index (χ4v) is 1.91. The largest absolute Gasteiger partial charge is 0.381 e. The van der Waals surface area contributed by atoms with Crippen molar-refractivity contribution in [3.05, 3.63) is 64.5 Å². The third-order valence-electron chi connectivity index (χ3n) is 3.07. The minimum absolute atomic E-state index is 0.0611. The number of nitrogens with zero attached hydrogens (tertiary/aromatic N) is 1. The molecule has 96 valence electrons. The summed E-state index contributed by atoms with van der Waals surface area (Å²) in [6, 6.07) is 12.6. The molecule has 0 heterocycles. The molecule has 0 unspecified atom stereocenters. The molecule has 0 spiro atoms. The second kappa shape index (κ2) is 5.53. The molecule has 0 aliphatic carbocycles. The first-order valence-corrected chi connectivity index (χ1v) is 6.10. The van der Waals surface area contributed by atoms with Gasteiger partial charge >= 0.3 is 0 Å². The van der Waals surface area contributed by atoms with E-state index in [1.165, 1.54) is 28.8 Å². The van der Waals surface area contributed by atoms with Gasteiger partial charge in [-0.1, -0.05) is 23.8 Å². The van der Waals surface area contributed by atoms with E-state index in [-0.39, 0.29) is 5.56 Å². The van der Waals surface area contributed by atoms with Crippen LogP contribution in [-0.2, 0) is 6.54 Å². The fourth-order valence-electron chi connectivity index (χ4n) is 1.91. The Morgan fingerprint density at radius 3 is 2.68 bits per heavy atom. The van der Waals surface area contributed by atoms with Gasteiger partial charge in [-0.05, 0) is 43.2 Å². The third kappa shape index (κ3) is 3.11. The molecule has 0 aliphatic rings. The van der Waals surface area contributed by atoms with Gasteiger partial charge in [0.2, 0.25) is 0 Å². The van der Waals surface area contributed by atoms with Gasteiger partial charge in [0.15, 0.2) is 0 Å². The molecule has 2 rings (SSSR count). The van der Waals surface area contributed by atoms with E-state index in [0.29, 0.717) is 6.54 Å². The van der Waals surface area contributed by atoms with Crippen molar-refractivity contribution in [2.75, 3.05) is 5.32 Å². The van der Waals surface area contributed by atoms with Crippen LogP contribution in [0.15, 0.2) is 36.4 Å². The average Bonchev–Trinajstić information content (AvgIpc) is 2.41. The second-order valence-electron chi connectivity index (χ2n) is 4.59. The number of nitrogens with one attached hydrogen (secondary N) is 1. The minimum atomic E-state index is -0.486. The van der Waals surface area contributed by atoms with Gasteiger partial charge in [0, 0.05) is 12.2 Å². The fraction of sp³-hybridized carbons (Fsp3) is 0.188. The molecule has 0 saturated heterocycles. The summed E-state index contributed by atoms with van der Waals surface area (Å²) in [5.41, 5.74) is 4.42. The van der Waals surface area contributed by atoms with Gasteiger partial charge in [-0.15, -0.1) is 0 Å². The number of benzene rings is 2. The summed E-state index contributed by atoms with van der Waals surface area (Å²) in [4.78, 5) is 0. The van der Waals surface area contributed by atoms with Gasteiger partial charge in [-0.3, -0.25) is 0 Å². The van der Waals surface area contributed by atoms with Crippen LogP contribution in [0.3, 0.4) is 0 Å². The van der Waals surface area contributed by atoms with Crippen LogP contribution >= 0.6 is 0 Å². The quantitative estimate of drug-likeness (QED) is 0.900. The zero-order chi connectivity index (χ0) is 13.8. The Hall–Kier alpha value is -2.34. The van der Waals surface area contributed by atoms with E-state index in [0.717, 1.165) is 5.69 Å². The lowest BCUT2D eigenvalue weighted by Gasteiger charge is -2.10. The first kappa shape index (κ1) is 13.1. The number of aryl methyl sites for hydroxylation is 2. The highest BCUT2D eigenvalue weighted by Crippen LogP contribution is 2.16. The van der Waals surface area contributed by atoms with Crippen molar-refractivity contribution < 1.29 is 4.39 Å². The van der Waals surface area contributed by atoms with Gasteiger partial charge in [0.1, 0.15) is 11.9 Å². The van der Waals surface area contributed by atoms with Gasteiger partial charge in [0.25, 0.3) is 0 Å². The SMILES string of the molecule is Cc1ccc(C)c(CNc2ccc(F)c(C#N)c2)c1. The van der Waals surface area contributed by atoms with Gasteiger partial charge in [-0.2, -0.15) is 5.26 Å². The maximum Gasteiger partial charge on any atom is 0.141 e. The van der Waals surface area contributed by atoms with Gasteiger partial charge in [0.05, 0.1) is 5.56 Å². The lowest BCUT2D eigenvalue weighted by atomic mass is 10.1. The highest BCUT2D eigenvalue weighted by Gasteiger charge is 2.03. The van der Waals surface area contributed by atoms with Crippen LogP contribution in [0.1, 0.15) is 22.3 Å². The molecule has 0 aliphatic heterocycles. The van der Waals surface area contributed by atoms with Crippen LogP contribution in [-0.4, -0.2) is 0 Å². The molecule has 0 fully saturated rings. The standard InChI is InChI=1S/C16H15FN2/c1-11-3-4-12(2)14(7-11)10-19-15-5-6-16(17)13(8-15)9-18/h3-8,19H,10H2,1-2H3. The monoisotopic (exact) mass is 254 g/mol. The zero-order valence-electron chi connectivity index (χ0n) is 11.0. The molecule has 1 N–H and O–H groups in total. The molecule has 0 bridgehead atoms. The topological polar surface area (TPSA) is 35.8 Å². The molecule has 0 radical (unpaired) electrons. The number of halogens is 1. The highest BCUT2D eigenvalue weighted by molar-refractivity contribution is 5.50. The maximum absolute atomic E-state index is 13.2. The van der Waals surface area contributed by atoms with Crippen LogP contribution in [0.25, 0.3) is 0 Å². The number of hydrogen-bond acceptors (Lipinski definition) is 2. The van der Waals surface area contributed by atoms with Crippen LogP contribution in [0.2, 0.25) is 0 Å². The van der Waals surface area contributed by atoms with Gasteiger partial charge in [-0.25, -0.2) is 4.39 Å². The molecular weight excluding hydrogens is 239 g/mol. The molecule has 2 aromatic carbocycles. The van der Waals surface area contributed by atoms with E-state index in [4.69, 9.17) is 5.26 Å². The van der Waals surface area contributed by atoms with Crippen molar-refractivity contribution in [1.29, 1.82) is 5.26 Å². The van der Waals surface area contributed by atoms with E-state index in [1.807, 2.05) is 6.07 Å². The lowest BCUT2D eigenvalue weighted by Crippen LogP contribution is -2.02. The first-order valence-electron chi connectivity index (χ1n) is 6.10. The Labute approximate surface area is 112 Å². The van der Waals surface area contributed by atoms with Crippen LogP contribution < -0.4 is 5.32 Å². The van der Waals surface area contributed by atoms with Crippen molar-refractivity contribution in [2.45, 2.75) is 20.4 Å². The molecule has 2 nitrogen and oxygen atoms in total. The Morgan fingerprint density at radius 1 is 1.16 bits per heavy atom. The number of anilines is 1. The van der Waals surface area contributed by atoms with E-state index in [1.54, 1.807) is 6.07 Å². The third-order valence-corrected chi connectivity index (χ3v) is 3.07. The Balaban J connectivity index is 2.15. The summed E-state index contributed by atoms with van der Waals surface area (Å²) in [7, 11) is 0. The second-order valence-corrected chi connectivity index (χ2v) is 4.59. The molecule has 0 atom stereocenters. The summed E-state index contributed by atoms with van der Waals surface area (Å²) in [6.07, 6.45) is 0. The zero-order valence-corrected chi connectivity index (χ0v) is 11.0. The van der Waals surface area contributed by atoms with Crippen LogP contribution in [0.5, 0.6) is 0 Å². The lowest BCUT2D eigenvalue weighted by molar-refractivity contribution is 0.624. The smallest absolute Gasteiger partial charge is 0.141 e. The van der Waals surface area contributed by atoms with Crippen LogP contribution in [0.4, 0.5) is 10.1 Å². The number of nitriles is 1. The van der Waals surface area contributed by atoms with Crippen molar-refractivity contribution >= 4 is 5.69 Å². The summed E-state index contributed by atoms with van der Waals surface area (Å²) >= 11 is 0. The molecule has 0 saturated carbocycles. The number of rotatable bonds is 3.